The smallest absolute Gasteiger partial charge is 0.343 e. The minimum absolute atomic E-state index is 0.214. The molecule has 4 aromatic carbocycles. The number of nitrogens with one attached hydrogen (secondary N) is 2. The number of H-pyrrole nitrogens is 1. The van der Waals surface area contributed by atoms with Crippen LogP contribution in [0.25, 0.3) is 22.0 Å². The lowest BCUT2D eigenvalue weighted by atomic mass is 10.0. The fraction of sp³-hybridized carbons (Fsp3) is 0.121. The van der Waals surface area contributed by atoms with Crippen molar-refractivity contribution in [2.75, 3.05) is 28.4 Å². The molecule has 0 radical (unpaired) electrons. The molecule has 5 rings (SSSR count). The minimum Gasteiger partial charge on any atom is -0.497 e. The first-order chi connectivity index (χ1) is 21.4. The quantitative estimate of drug-likeness (QED) is 0.0797. The molecule has 0 saturated heterocycles. The van der Waals surface area contributed by atoms with Crippen LogP contribution < -0.4 is 29.1 Å². The Balaban J connectivity index is 1.40. The topological polar surface area (TPSA) is 120 Å². The van der Waals surface area contributed by atoms with Gasteiger partial charge >= 0.3 is 5.97 Å². The summed E-state index contributed by atoms with van der Waals surface area (Å²) < 4.78 is 27.2. The Bertz CT molecular complexity index is 1870. The molecular weight excluding hydrogens is 586 g/mol. The lowest BCUT2D eigenvalue weighted by Crippen LogP contribution is -2.19. The van der Waals surface area contributed by atoms with Gasteiger partial charge < -0.3 is 28.7 Å². The average Bonchev–Trinajstić information content (AvgIpc) is 3.46. The number of carbonyl (C=O) groups is 2. The van der Waals surface area contributed by atoms with Crippen molar-refractivity contribution in [3.05, 3.63) is 101 Å². The number of hydrogen-bond acceptors (Lipinski definition) is 8. The zero-order valence-electron chi connectivity index (χ0n) is 24.3. The molecule has 0 aliphatic rings. The van der Waals surface area contributed by atoms with E-state index in [0.717, 1.165) is 0 Å². The second-order valence-corrected chi connectivity index (χ2v) is 9.71. The Kier molecular flexibility index (Phi) is 9.01. The summed E-state index contributed by atoms with van der Waals surface area (Å²) in [5.41, 5.74) is 5.45. The first-order valence-corrected chi connectivity index (χ1v) is 13.7. The molecule has 1 aromatic heterocycles. The van der Waals surface area contributed by atoms with Gasteiger partial charge in [0, 0.05) is 16.1 Å². The summed E-state index contributed by atoms with van der Waals surface area (Å²) in [5, 5.41) is 5.24. The molecule has 5 aromatic rings. The van der Waals surface area contributed by atoms with E-state index in [-0.39, 0.29) is 11.4 Å². The number of benzene rings is 4. The molecule has 2 N–H and O–H groups in total. The first-order valence-electron chi connectivity index (χ1n) is 13.3. The number of methoxy groups -OCH3 is 4. The predicted molar refractivity (Wildman–Crippen MR) is 168 cm³/mol. The van der Waals surface area contributed by atoms with Gasteiger partial charge in [-0.3, -0.25) is 4.79 Å². The third kappa shape index (κ3) is 6.02. The van der Waals surface area contributed by atoms with E-state index < -0.39 is 11.9 Å². The van der Waals surface area contributed by atoms with E-state index in [4.69, 9.17) is 35.3 Å². The molecule has 224 valence electrons. The first kappa shape index (κ1) is 30.0. The predicted octanol–water partition coefficient (Wildman–Crippen LogP) is 6.51. The van der Waals surface area contributed by atoms with Crippen LogP contribution >= 0.6 is 11.6 Å². The van der Waals surface area contributed by atoms with Gasteiger partial charge in [0.05, 0.1) is 51.1 Å². The Morgan fingerprint density at radius 1 is 0.795 bits per heavy atom. The van der Waals surface area contributed by atoms with E-state index in [0.29, 0.717) is 61.2 Å². The number of hydrogen-bond donors (Lipinski definition) is 2. The summed E-state index contributed by atoms with van der Waals surface area (Å²) in [7, 11) is 6.09. The van der Waals surface area contributed by atoms with Gasteiger partial charge in [0.1, 0.15) is 22.9 Å². The number of ether oxygens (including phenoxy) is 5. The van der Waals surface area contributed by atoms with Crippen LogP contribution in [-0.2, 0) is 0 Å². The highest BCUT2D eigenvalue weighted by atomic mass is 35.5. The molecule has 0 fully saturated rings. The monoisotopic (exact) mass is 613 g/mol. The Morgan fingerprint density at radius 3 is 2.16 bits per heavy atom. The normalized spacial score (nSPS) is 10.9. The highest BCUT2D eigenvalue weighted by molar-refractivity contribution is 6.34. The van der Waals surface area contributed by atoms with Crippen LogP contribution in [0.1, 0.15) is 26.4 Å². The van der Waals surface area contributed by atoms with E-state index in [1.165, 1.54) is 13.3 Å². The summed E-state index contributed by atoms with van der Waals surface area (Å²) in [5.74, 6) is 1.14. The summed E-state index contributed by atoms with van der Waals surface area (Å²) >= 11 is 6.57. The van der Waals surface area contributed by atoms with Gasteiger partial charge in [0.2, 0.25) is 0 Å². The number of esters is 1. The van der Waals surface area contributed by atoms with Gasteiger partial charge in [-0.2, -0.15) is 5.10 Å². The fourth-order valence-electron chi connectivity index (χ4n) is 4.65. The second-order valence-electron chi connectivity index (χ2n) is 9.30. The second kappa shape index (κ2) is 13.2. The molecule has 44 heavy (non-hydrogen) atoms. The van der Waals surface area contributed by atoms with Gasteiger partial charge in [-0.15, -0.1) is 0 Å². The van der Waals surface area contributed by atoms with Crippen molar-refractivity contribution in [1.82, 2.24) is 10.4 Å². The highest BCUT2D eigenvalue weighted by Crippen LogP contribution is 2.44. The molecule has 0 aliphatic heterocycles. The Labute approximate surface area is 258 Å². The average molecular weight is 614 g/mol. The van der Waals surface area contributed by atoms with Crippen molar-refractivity contribution in [1.29, 1.82) is 0 Å². The van der Waals surface area contributed by atoms with Crippen molar-refractivity contribution < 1.29 is 33.3 Å². The molecule has 1 amide bonds. The van der Waals surface area contributed by atoms with Gasteiger partial charge in [-0.25, -0.2) is 10.2 Å². The molecule has 10 nitrogen and oxygen atoms in total. The molecule has 0 spiro atoms. The minimum atomic E-state index is -0.555. The van der Waals surface area contributed by atoms with E-state index >= 15 is 0 Å². The number of amides is 1. The van der Waals surface area contributed by atoms with Crippen molar-refractivity contribution in [3.8, 4) is 39.9 Å². The largest absolute Gasteiger partial charge is 0.497 e. The van der Waals surface area contributed by atoms with Crippen LogP contribution in [0.5, 0.6) is 28.7 Å². The molecule has 0 saturated carbocycles. The van der Waals surface area contributed by atoms with Crippen molar-refractivity contribution in [2.24, 2.45) is 5.10 Å². The van der Waals surface area contributed by atoms with E-state index in [9.17, 15) is 9.59 Å². The summed E-state index contributed by atoms with van der Waals surface area (Å²) in [6, 6.07) is 22.1. The Morgan fingerprint density at radius 2 is 1.48 bits per heavy atom. The standard InChI is InChI=1S/C33H28ClN3O7/c1-40-21-12-10-20(11-13-21)33(39)44-24-14-9-19(17-27(24)43-4)18-35-37-32(38)31-28(22-7-5-6-8-23(22)34)29-25(41-2)15-16-26(42-3)30(29)36-31/h5-18,36H,1-4H3,(H,37,38). The number of nitrogens with zero attached hydrogens (tertiary/aromatic N) is 1. The van der Waals surface area contributed by atoms with E-state index in [1.54, 1.807) is 82.0 Å². The van der Waals surface area contributed by atoms with Crippen LogP contribution in [-0.4, -0.2) is 51.5 Å². The summed E-state index contributed by atoms with van der Waals surface area (Å²) in [6.45, 7) is 0. The van der Waals surface area contributed by atoms with Gasteiger partial charge in [0.25, 0.3) is 5.91 Å². The lowest BCUT2D eigenvalue weighted by Gasteiger charge is -2.10. The third-order valence-corrected chi connectivity index (χ3v) is 7.11. The fourth-order valence-corrected chi connectivity index (χ4v) is 4.88. The number of aromatic amines is 1. The van der Waals surface area contributed by atoms with Crippen molar-refractivity contribution in [2.45, 2.75) is 0 Å². The number of hydrazone groups is 1. The van der Waals surface area contributed by atoms with E-state index in [1.807, 2.05) is 18.2 Å². The van der Waals surface area contributed by atoms with Crippen molar-refractivity contribution in [3.63, 3.8) is 0 Å². The zero-order valence-corrected chi connectivity index (χ0v) is 25.0. The maximum Gasteiger partial charge on any atom is 0.343 e. The van der Waals surface area contributed by atoms with Crippen LogP contribution in [0.3, 0.4) is 0 Å². The SMILES string of the molecule is COc1ccc(C(=O)Oc2ccc(C=NNC(=O)c3[nH]c4c(OC)ccc(OC)c4c3-c3ccccc3Cl)cc2OC)cc1. The highest BCUT2D eigenvalue weighted by Gasteiger charge is 2.25. The molecule has 0 bridgehead atoms. The molecule has 11 heteroatoms. The van der Waals surface area contributed by atoms with Crippen LogP contribution in [0.4, 0.5) is 0 Å². The van der Waals surface area contributed by atoms with Crippen LogP contribution in [0.2, 0.25) is 5.02 Å². The molecule has 0 atom stereocenters. The van der Waals surface area contributed by atoms with Crippen molar-refractivity contribution >= 4 is 40.6 Å². The van der Waals surface area contributed by atoms with Gasteiger partial charge in [-0.1, -0.05) is 29.8 Å². The maximum atomic E-state index is 13.5. The Hall–Kier alpha value is -5.48. The summed E-state index contributed by atoms with van der Waals surface area (Å²) in [6.07, 6.45) is 1.44. The molecule has 0 unspecified atom stereocenters. The van der Waals surface area contributed by atoms with Crippen LogP contribution in [0, 0.1) is 0 Å². The summed E-state index contributed by atoms with van der Waals surface area (Å²) in [4.78, 5) is 29.3. The van der Waals surface area contributed by atoms with E-state index in [2.05, 4.69) is 15.5 Å². The third-order valence-electron chi connectivity index (χ3n) is 6.78. The van der Waals surface area contributed by atoms with Crippen LogP contribution in [0.15, 0.2) is 84.0 Å². The molecule has 0 aliphatic carbocycles. The zero-order chi connectivity index (χ0) is 31.2. The number of fused-ring (bicyclic) bond motifs is 1. The van der Waals surface area contributed by atoms with Gasteiger partial charge in [0.15, 0.2) is 11.5 Å². The lowest BCUT2D eigenvalue weighted by molar-refractivity contribution is 0.0729. The number of halogens is 1. The number of rotatable bonds is 10. The number of aromatic nitrogens is 1. The van der Waals surface area contributed by atoms with Gasteiger partial charge in [-0.05, 0) is 66.2 Å². The maximum absolute atomic E-state index is 13.5. The molecule has 1 heterocycles. The number of carbonyl (C=O) groups excluding carboxylic acids is 2. The molecular formula is C33H28ClN3O7.